The van der Waals surface area contributed by atoms with Crippen molar-refractivity contribution in [3.05, 3.63) is 24.2 Å². The molecule has 0 saturated carbocycles. The molecule has 0 aromatic carbocycles. The van der Waals surface area contributed by atoms with Gasteiger partial charge in [-0.05, 0) is 25.0 Å². The fourth-order valence-corrected chi connectivity index (χ4v) is 1.75. The summed E-state index contributed by atoms with van der Waals surface area (Å²) in [6.07, 6.45) is 2.80. The number of rotatable bonds is 5. The Morgan fingerprint density at radius 3 is 2.83 bits per heavy atom. The summed E-state index contributed by atoms with van der Waals surface area (Å²) in [5, 5.41) is 5.36. The van der Waals surface area contributed by atoms with Crippen LogP contribution in [0.5, 0.6) is 0 Å². The monoisotopic (exact) mass is 252 g/mol. The second-order valence-electron chi connectivity index (χ2n) is 4.03. The second-order valence-corrected chi connectivity index (χ2v) is 4.03. The first-order valence-corrected chi connectivity index (χ1v) is 5.98. The van der Waals surface area contributed by atoms with Crippen molar-refractivity contribution in [2.45, 2.75) is 18.9 Å². The number of hydrogen-bond acceptors (Lipinski definition) is 4. The molecule has 2 rings (SSSR count). The zero-order valence-corrected chi connectivity index (χ0v) is 9.98. The summed E-state index contributed by atoms with van der Waals surface area (Å²) in [4.78, 5) is 23.0. The lowest BCUT2D eigenvalue weighted by atomic mass is 10.2. The van der Waals surface area contributed by atoms with E-state index >= 15 is 0 Å². The van der Waals surface area contributed by atoms with Crippen LogP contribution >= 0.6 is 0 Å². The predicted molar refractivity (Wildman–Crippen MR) is 63.0 cm³/mol. The van der Waals surface area contributed by atoms with Crippen LogP contribution in [0.4, 0.5) is 0 Å². The Morgan fingerprint density at radius 1 is 1.33 bits per heavy atom. The maximum Gasteiger partial charge on any atom is 0.287 e. The molecule has 0 spiro atoms. The van der Waals surface area contributed by atoms with Crippen molar-refractivity contribution in [2.24, 2.45) is 0 Å². The molecule has 0 radical (unpaired) electrons. The Balaban J connectivity index is 1.61. The van der Waals surface area contributed by atoms with Crippen LogP contribution in [0.15, 0.2) is 22.8 Å². The molecule has 2 heterocycles. The Hall–Kier alpha value is -1.82. The number of carbonyl (C=O) groups excluding carboxylic acids is 2. The van der Waals surface area contributed by atoms with Gasteiger partial charge < -0.3 is 19.8 Å². The van der Waals surface area contributed by atoms with Gasteiger partial charge in [0.25, 0.3) is 5.91 Å². The van der Waals surface area contributed by atoms with E-state index in [2.05, 4.69) is 10.6 Å². The van der Waals surface area contributed by atoms with Crippen LogP contribution in [0.3, 0.4) is 0 Å². The topological polar surface area (TPSA) is 80.6 Å². The zero-order chi connectivity index (χ0) is 12.8. The lowest BCUT2D eigenvalue weighted by Gasteiger charge is -2.10. The Labute approximate surface area is 105 Å². The molecule has 1 atom stereocenters. The first-order chi connectivity index (χ1) is 8.77. The summed E-state index contributed by atoms with van der Waals surface area (Å²) in [5.74, 6) is -0.133. The minimum Gasteiger partial charge on any atom is -0.459 e. The molecule has 0 bridgehead atoms. The lowest BCUT2D eigenvalue weighted by Crippen LogP contribution is -2.39. The third-order valence-electron chi connectivity index (χ3n) is 2.68. The fraction of sp³-hybridized carbons (Fsp3) is 0.500. The summed E-state index contributed by atoms with van der Waals surface area (Å²) in [7, 11) is 0. The van der Waals surface area contributed by atoms with Gasteiger partial charge in [-0.1, -0.05) is 0 Å². The third kappa shape index (κ3) is 3.33. The van der Waals surface area contributed by atoms with E-state index in [0.717, 1.165) is 12.8 Å². The Morgan fingerprint density at radius 2 is 2.17 bits per heavy atom. The van der Waals surface area contributed by atoms with Crippen LogP contribution in [0.1, 0.15) is 23.4 Å². The first kappa shape index (κ1) is 12.6. The van der Waals surface area contributed by atoms with Gasteiger partial charge in [-0.2, -0.15) is 0 Å². The Bertz CT molecular complexity index is 396. The Kier molecular flexibility index (Phi) is 4.35. The number of nitrogens with one attached hydrogen (secondary N) is 2. The molecule has 1 aromatic rings. The highest BCUT2D eigenvalue weighted by atomic mass is 16.5. The summed E-state index contributed by atoms with van der Waals surface area (Å²) < 4.78 is 10.2. The minimum absolute atomic E-state index is 0.111. The molecule has 6 heteroatoms. The predicted octanol–water partition coefficient (Wildman–Crippen LogP) is 0.305. The van der Waals surface area contributed by atoms with Crippen molar-refractivity contribution in [3.8, 4) is 0 Å². The summed E-state index contributed by atoms with van der Waals surface area (Å²) in [6, 6.07) is 3.23. The second kappa shape index (κ2) is 6.20. The van der Waals surface area contributed by atoms with Gasteiger partial charge in [0.05, 0.1) is 6.26 Å². The molecule has 6 nitrogen and oxygen atoms in total. The van der Waals surface area contributed by atoms with Crippen molar-refractivity contribution < 1.29 is 18.7 Å². The van der Waals surface area contributed by atoms with Gasteiger partial charge in [-0.25, -0.2) is 0 Å². The average molecular weight is 252 g/mol. The van der Waals surface area contributed by atoms with E-state index in [-0.39, 0.29) is 23.7 Å². The van der Waals surface area contributed by atoms with Crippen molar-refractivity contribution in [3.63, 3.8) is 0 Å². The van der Waals surface area contributed by atoms with Gasteiger partial charge >= 0.3 is 0 Å². The van der Waals surface area contributed by atoms with E-state index in [1.165, 1.54) is 6.26 Å². The van der Waals surface area contributed by atoms with E-state index in [0.29, 0.717) is 19.7 Å². The number of carbonyl (C=O) groups is 2. The number of furan rings is 1. The molecule has 98 valence electrons. The number of hydrogen-bond donors (Lipinski definition) is 2. The van der Waals surface area contributed by atoms with Crippen molar-refractivity contribution >= 4 is 11.8 Å². The molecule has 1 unspecified atom stereocenters. The van der Waals surface area contributed by atoms with E-state index in [4.69, 9.17) is 9.15 Å². The summed E-state index contributed by atoms with van der Waals surface area (Å²) >= 11 is 0. The maximum absolute atomic E-state index is 11.6. The highest BCUT2D eigenvalue weighted by molar-refractivity contribution is 5.91. The molecule has 18 heavy (non-hydrogen) atoms. The normalized spacial score (nSPS) is 18.6. The van der Waals surface area contributed by atoms with Gasteiger partial charge in [-0.3, -0.25) is 9.59 Å². The van der Waals surface area contributed by atoms with Crippen molar-refractivity contribution in [2.75, 3.05) is 19.7 Å². The van der Waals surface area contributed by atoms with Crippen LogP contribution < -0.4 is 10.6 Å². The third-order valence-corrected chi connectivity index (χ3v) is 2.68. The van der Waals surface area contributed by atoms with Gasteiger partial charge in [0.15, 0.2) is 5.76 Å². The smallest absolute Gasteiger partial charge is 0.287 e. The zero-order valence-electron chi connectivity index (χ0n) is 9.98. The van der Waals surface area contributed by atoms with Gasteiger partial charge in [0, 0.05) is 19.7 Å². The molecule has 2 amide bonds. The van der Waals surface area contributed by atoms with Crippen LogP contribution in [0.2, 0.25) is 0 Å². The van der Waals surface area contributed by atoms with Crippen molar-refractivity contribution in [1.29, 1.82) is 0 Å². The van der Waals surface area contributed by atoms with Crippen molar-refractivity contribution in [1.82, 2.24) is 10.6 Å². The molecule has 0 aliphatic carbocycles. The highest BCUT2D eigenvalue weighted by Crippen LogP contribution is 2.11. The van der Waals surface area contributed by atoms with Crippen LogP contribution in [0, 0.1) is 0 Å². The van der Waals surface area contributed by atoms with E-state index < -0.39 is 0 Å². The molecular formula is C12H16N2O4. The summed E-state index contributed by atoms with van der Waals surface area (Å²) in [6.45, 7) is 1.39. The largest absolute Gasteiger partial charge is 0.459 e. The summed E-state index contributed by atoms with van der Waals surface area (Å²) in [5.41, 5.74) is 0. The molecular weight excluding hydrogens is 236 g/mol. The van der Waals surface area contributed by atoms with Gasteiger partial charge in [-0.15, -0.1) is 0 Å². The molecule has 1 fully saturated rings. The van der Waals surface area contributed by atoms with E-state index in [9.17, 15) is 9.59 Å². The van der Waals surface area contributed by atoms with E-state index in [1.54, 1.807) is 12.1 Å². The minimum atomic E-state index is -0.328. The van der Waals surface area contributed by atoms with Crippen LogP contribution in [-0.4, -0.2) is 37.6 Å². The highest BCUT2D eigenvalue weighted by Gasteiger charge is 2.22. The average Bonchev–Trinajstić information content (AvgIpc) is 3.05. The first-order valence-electron chi connectivity index (χ1n) is 5.98. The van der Waals surface area contributed by atoms with E-state index in [1.807, 2.05) is 0 Å². The molecule has 1 aliphatic heterocycles. The quantitative estimate of drug-likeness (QED) is 0.739. The van der Waals surface area contributed by atoms with Gasteiger partial charge in [0.1, 0.15) is 6.10 Å². The molecule has 2 N–H and O–H groups in total. The SMILES string of the molecule is O=C(NCCNC(=O)C1CCCO1)c1ccco1. The standard InChI is InChI=1S/C12H16N2O4/c15-11(9-3-1-7-17-9)13-5-6-14-12(16)10-4-2-8-18-10/h1,3,7,10H,2,4-6,8H2,(H,13,15)(H,14,16). The van der Waals surface area contributed by atoms with Crippen LogP contribution in [0.25, 0.3) is 0 Å². The lowest BCUT2D eigenvalue weighted by molar-refractivity contribution is -0.129. The number of amides is 2. The maximum atomic E-state index is 11.6. The molecule has 1 aliphatic rings. The fourth-order valence-electron chi connectivity index (χ4n) is 1.75. The van der Waals surface area contributed by atoms with Gasteiger partial charge in [0.2, 0.25) is 5.91 Å². The number of ether oxygens (including phenoxy) is 1. The van der Waals surface area contributed by atoms with Crippen LogP contribution in [-0.2, 0) is 9.53 Å². The molecule has 1 saturated heterocycles. The molecule has 1 aromatic heterocycles.